The predicted molar refractivity (Wildman–Crippen MR) is 85.0 cm³/mol. The average molecular weight is 274 g/mol. The highest BCUT2D eigenvalue weighted by Crippen LogP contribution is 2.26. The van der Waals surface area contributed by atoms with Gasteiger partial charge in [-0.3, -0.25) is 4.40 Å². The molecule has 4 aromatic rings. The lowest BCUT2D eigenvalue weighted by atomic mass is 10.3. The average Bonchev–Trinajstić information content (AvgIpc) is 2.93. The third-order valence-electron chi connectivity index (χ3n) is 3.67. The molecule has 0 aliphatic carbocycles. The standard InChI is InChI=1S/C17H14N4/c1-20(13-7-3-2-4-8-13)16-11-12-18-17-19-14-9-5-6-10-15(14)21(16)17/h2-12H,1H3. The Morgan fingerprint density at radius 2 is 1.67 bits per heavy atom. The number of benzene rings is 2. The normalized spacial score (nSPS) is 11.1. The summed E-state index contributed by atoms with van der Waals surface area (Å²) >= 11 is 0. The fraction of sp³-hybridized carbons (Fsp3) is 0.0588. The first-order chi connectivity index (χ1) is 10.3. The van der Waals surface area contributed by atoms with Gasteiger partial charge in [0.15, 0.2) is 0 Å². The molecule has 0 saturated carbocycles. The number of hydrogen-bond acceptors (Lipinski definition) is 3. The van der Waals surface area contributed by atoms with Crippen molar-refractivity contribution in [2.75, 3.05) is 11.9 Å². The molecule has 4 heteroatoms. The predicted octanol–water partition coefficient (Wildman–Crippen LogP) is 3.65. The monoisotopic (exact) mass is 274 g/mol. The number of anilines is 2. The summed E-state index contributed by atoms with van der Waals surface area (Å²) < 4.78 is 2.09. The molecule has 0 unspecified atom stereocenters. The van der Waals surface area contributed by atoms with Crippen LogP contribution in [0, 0.1) is 0 Å². The zero-order valence-corrected chi connectivity index (χ0v) is 11.6. The molecule has 0 aliphatic heterocycles. The van der Waals surface area contributed by atoms with E-state index in [1.165, 1.54) is 0 Å². The van der Waals surface area contributed by atoms with E-state index in [0.717, 1.165) is 28.3 Å². The van der Waals surface area contributed by atoms with Crippen LogP contribution in [-0.2, 0) is 0 Å². The van der Waals surface area contributed by atoms with E-state index in [1.54, 1.807) is 6.20 Å². The van der Waals surface area contributed by atoms with Crippen LogP contribution in [0.25, 0.3) is 16.8 Å². The second-order valence-corrected chi connectivity index (χ2v) is 4.93. The Morgan fingerprint density at radius 3 is 2.52 bits per heavy atom. The summed E-state index contributed by atoms with van der Waals surface area (Å²) in [5.74, 6) is 1.76. The van der Waals surface area contributed by atoms with Gasteiger partial charge < -0.3 is 4.90 Å². The molecular weight excluding hydrogens is 260 g/mol. The summed E-state index contributed by atoms with van der Waals surface area (Å²) in [6, 6.07) is 20.4. The molecule has 4 nitrogen and oxygen atoms in total. The van der Waals surface area contributed by atoms with E-state index in [4.69, 9.17) is 0 Å². The Hall–Kier alpha value is -2.88. The van der Waals surface area contributed by atoms with Crippen molar-refractivity contribution in [3.63, 3.8) is 0 Å². The molecule has 102 valence electrons. The fourth-order valence-electron chi connectivity index (χ4n) is 2.62. The van der Waals surface area contributed by atoms with Gasteiger partial charge in [0.05, 0.1) is 11.0 Å². The molecule has 0 atom stereocenters. The zero-order chi connectivity index (χ0) is 14.2. The highest BCUT2D eigenvalue weighted by atomic mass is 15.2. The third-order valence-corrected chi connectivity index (χ3v) is 3.67. The molecule has 0 spiro atoms. The van der Waals surface area contributed by atoms with Crippen molar-refractivity contribution in [1.82, 2.24) is 14.4 Å². The first-order valence-electron chi connectivity index (χ1n) is 6.85. The highest BCUT2D eigenvalue weighted by Gasteiger charge is 2.12. The van der Waals surface area contributed by atoms with Crippen LogP contribution in [0.15, 0.2) is 66.9 Å². The van der Waals surface area contributed by atoms with Crippen molar-refractivity contribution < 1.29 is 0 Å². The van der Waals surface area contributed by atoms with Crippen LogP contribution in [0.3, 0.4) is 0 Å². The summed E-state index contributed by atoms with van der Waals surface area (Å²) in [6.07, 6.45) is 1.80. The number of para-hydroxylation sites is 3. The molecule has 4 rings (SSSR count). The van der Waals surface area contributed by atoms with Gasteiger partial charge in [0.25, 0.3) is 0 Å². The van der Waals surface area contributed by atoms with Crippen molar-refractivity contribution in [3.8, 4) is 0 Å². The van der Waals surface area contributed by atoms with Crippen LogP contribution in [0.1, 0.15) is 0 Å². The lowest BCUT2D eigenvalue weighted by Crippen LogP contribution is -2.13. The summed E-state index contributed by atoms with van der Waals surface area (Å²) in [5, 5.41) is 0. The maximum absolute atomic E-state index is 4.58. The number of rotatable bonds is 2. The number of aromatic nitrogens is 3. The molecule has 0 radical (unpaired) electrons. The molecule has 0 aliphatic rings. The second-order valence-electron chi connectivity index (χ2n) is 4.93. The quantitative estimate of drug-likeness (QED) is 0.559. The minimum atomic E-state index is 0.719. The molecule has 0 fully saturated rings. The molecule has 2 aromatic carbocycles. The molecule has 0 bridgehead atoms. The van der Waals surface area contributed by atoms with E-state index in [2.05, 4.69) is 44.5 Å². The molecule has 21 heavy (non-hydrogen) atoms. The van der Waals surface area contributed by atoms with Gasteiger partial charge in [-0.15, -0.1) is 0 Å². The highest BCUT2D eigenvalue weighted by molar-refractivity contribution is 5.82. The maximum Gasteiger partial charge on any atom is 0.236 e. The van der Waals surface area contributed by atoms with Gasteiger partial charge in [-0.2, -0.15) is 0 Å². The summed E-state index contributed by atoms with van der Waals surface area (Å²) in [6.45, 7) is 0. The second kappa shape index (κ2) is 4.59. The van der Waals surface area contributed by atoms with E-state index in [1.807, 2.05) is 42.5 Å². The van der Waals surface area contributed by atoms with Gasteiger partial charge >= 0.3 is 0 Å². The van der Waals surface area contributed by atoms with Crippen molar-refractivity contribution >= 4 is 28.3 Å². The Morgan fingerprint density at radius 1 is 0.905 bits per heavy atom. The molecule has 2 heterocycles. The Labute approximate surface area is 122 Å². The van der Waals surface area contributed by atoms with Gasteiger partial charge in [-0.1, -0.05) is 30.3 Å². The van der Waals surface area contributed by atoms with Crippen LogP contribution < -0.4 is 4.90 Å². The van der Waals surface area contributed by atoms with Gasteiger partial charge in [-0.25, -0.2) is 9.97 Å². The van der Waals surface area contributed by atoms with Crippen LogP contribution in [0.4, 0.5) is 11.5 Å². The Bertz CT molecular complexity index is 912. The van der Waals surface area contributed by atoms with Crippen molar-refractivity contribution in [2.45, 2.75) is 0 Å². The van der Waals surface area contributed by atoms with E-state index < -0.39 is 0 Å². The molecule has 0 saturated heterocycles. The lowest BCUT2D eigenvalue weighted by Gasteiger charge is -2.20. The zero-order valence-electron chi connectivity index (χ0n) is 11.6. The topological polar surface area (TPSA) is 33.4 Å². The first kappa shape index (κ1) is 11.9. The maximum atomic E-state index is 4.58. The number of hydrogen-bond donors (Lipinski definition) is 0. The van der Waals surface area contributed by atoms with Crippen molar-refractivity contribution in [3.05, 3.63) is 66.9 Å². The van der Waals surface area contributed by atoms with Crippen LogP contribution in [0.2, 0.25) is 0 Å². The summed E-state index contributed by atoms with van der Waals surface area (Å²) in [4.78, 5) is 11.1. The van der Waals surface area contributed by atoms with E-state index in [-0.39, 0.29) is 0 Å². The van der Waals surface area contributed by atoms with E-state index >= 15 is 0 Å². The van der Waals surface area contributed by atoms with Crippen LogP contribution in [-0.4, -0.2) is 21.4 Å². The van der Waals surface area contributed by atoms with Gasteiger partial charge in [0.1, 0.15) is 5.82 Å². The van der Waals surface area contributed by atoms with Crippen molar-refractivity contribution in [1.29, 1.82) is 0 Å². The molecule has 0 amide bonds. The fourth-order valence-corrected chi connectivity index (χ4v) is 2.62. The minimum absolute atomic E-state index is 0.719. The minimum Gasteiger partial charge on any atom is -0.330 e. The summed E-state index contributed by atoms with van der Waals surface area (Å²) in [7, 11) is 2.05. The van der Waals surface area contributed by atoms with Gasteiger partial charge in [-0.05, 0) is 30.3 Å². The third kappa shape index (κ3) is 1.84. The van der Waals surface area contributed by atoms with Crippen molar-refractivity contribution in [2.24, 2.45) is 0 Å². The SMILES string of the molecule is CN(c1ccccc1)c1ccnc2nc3ccccc3n12. The van der Waals surface area contributed by atoms with E-state index in [0.29, 0.717) is 0 Å². The molecule has 2 aromatic heterocycles. The first-order valence-corrected chi connectivity index (χ1v) is 6.85. The van der Waals surface area contributed by atoms with Crippen LogP contribution >= 0.6 is 0 Å². The van der Waals surface area contributed by atoms with E-state index in [9.17, 15) is 0 Å². The Balaban J connectivity index is 2.00. The number of nitrogens with zero attached hydrogens (tertiary/aromatic N) is 4. The van der Waals surface area contributed by atoms with Crippen LogP contribution in [0.5, 0.6) is 0 Å². The lowest BCUT2D eigenvalue weighted by molar-refractivity contribution is 1.05. The van der Waals surface area contributed by atoms with Gasteiger partial charge in [0.2, 0.25) is 5.78 Å². The number of fused-ring (bicyclic) bond motifs is 3. The Kier molecular flexibility index (Phi) is 2.60. The largest absolute Gasteiger partial charge is 0.330 e. The molecule has 0 N–H and O–H groups in total. The number of imidazole rings is 1. The summed E-state index contributed by atoms with van der Waals surface area (Å²) in [5.41, 5.74) is 3.15. The van der Waals surface area contributed by atoms with Gasteiger partial charge in [0, 0.05) is 18.9 Å². The molecular formula is C17H14N4. The smallest absolute Gasteiger partial charge is 0.236 e.